The summed E-state index contributed by atoms with van der Waals surface area (Å²) in [4.78, 5) is 10.6. The number of hydrogen-bond acceptors (Lipinski definition) is 4. The first-order chi connectivity index (χ1) is 13.1. The van der Waals surface area contributed by atoms with Crippen LogP contribution < -0.4 is 11.1 Å². The van der Waals surface area contributed by atoms with E-state index in [4.69, 9.17) is 10.5 Å². The lowest BCUT2D eigenvalue weighted by Crippen LogP contribution is -2.54. The number of nitrogens with two attached hydrogens (primary N) is 1. The number of hydrogen-bond donors (Lipinski definition) is 2. The van der Waals surface area contributed by atoms with Crippen LogP contribution in [0.2, 0.25) is 0 Å². The molecule has 0 spiro atoms. The van der Waals surface area contributed by atoms with Gasteiger partial charge in [-0.05, 0) is 53.4 Å². The molecule has 0 fully saturated rings. The van der Waals surface area contributed by atoms with Crippen molar-refractivity contribution in [1.82, 2.24) is 5.32 Å². The van der Waals surface area contributed by atoms with Crippen LogP contribution in [0.3, 0.4) is 0 Å². The zero-order valence-corrected chi connectivity index (χ0v) is 19.9. The molecule has 0 amide bonds. The Morgan fingerprint density at radius 1 is 0.821 bits per heavy atom. The van der Waals surface area contributed by atoms with Crippen molar-refractivity contribution in [1.29, 1.82) is 0 Å². The maximum atomic E-state index is 10.6. The Labute approximate surface area is 175 Å². The van der Waals surface area contributed by atoms with Crippen LogP contribution in [0, 0.1) is 0 Å². The Kier molecular flexibility index (Phi) is 14.3. The Morgan fingerprint density at radius 2 is 1.36 bits per heavy atom. The summed E-state index contributed by atoms with van der Waals surface area (Å²) in [6.45, 7) is 14.0. The van der Waals surface area contributed by atoms with Crippen molar-refractivity contribution in [3.05, 3.63) is 0 Å². The van der Waals surface area contributed by atoms with E-state index in [0.717, 1.165) is 12.7 Å². The van der Waals surface area contributed by atoms with Crippen LogP contribution in [0.5, 0.6) is 0 Å². The third-order valence-electron chi connectivity index (χ3n) is 5.72. The second-order valence-electron chi connectivity index (χ2n) is 9.81. The summed E-state index contributed by atoms with van der Waals surface area (Å²) < 4.78 is 5.89. The van der Waals surface area contributed by atoms with Crippen molar-refractivity contribution in [2.75, 3.05) is 6.61 Å². The average molecular weight is 399 g/mol. The zero-order chi connectivity index (χ0) is 21.5. The quantitative estimate of drug-likeness (QED) is 0.156. The molecule has 0 aliphatic rings. The van der Waals surface area contributed by atoms with Gasteiger partial charge in [0.25, 0.3) is 0 Å². The van der Waals surface area contributed by atoms with Gasteiger partial charge in [0, 0.05) is 17.5 Å². The molecule has 0 aromatic rings. The first-order valence-corrected chi connectivity index (χ1v) is 11.8. The number of carbonyl (C=O) groups excluding carboxylic acids is 1. The van der Waals surface area contributed by atoms with Crippen molar-refractivity contribution < 1.29 is 9.53 Å². The molecule has 0 aliphatic heterocycles. The normalized spacial score (nSPS) is 14.8. The van der Waals surface area contributed by atoms with E-state index in [9.17, 15) is 4.79 Å². The summed E-state index contributed by atoms with van der Waals surface area (Å²) in [5.74, 6) is 0. The average Bonchev–Trinajstić information content (AvgIpc) is 2.60. The standard InChI is InChI=1S/C24H50N2O2/c1-7-9-11-13-16-23(5,17-14-12-10-8-2)26-22(3,4)19-21-28-24(6,25)18-15-20-27/h20,26H,7-19,21,25H2,1-6H3. The summed E-state index contributed by atoms with van der Waals surface area (Å²) in [7, 11) is 0. The minimum Gasteiger partial charge on any atom is -0.361 e. The highest BCUT2D eigenvalue weighted by Crippen LogP contribution is 2.27. The molecule has 0 saturated heterocycles. The van der Waals surface area contributed by atoms with Crippen molar-refractivity contribution in [2.24, 2.45) is 5.73 Å². The Hall–Kier alpha value is -0.450. The van der Waals surface area contributed by atoms with E-state index in [-0.39, 0.29) is 11.1 Å². The molecule has 4 heteroatoms. The van der Waals surface area contributed by atoms with E-state index < -0.39 is 5.72 Å². The molecule has 0 heterocycles. The van der Waals surface area contributed by atoms with E-state index in [1.807, 2.05) is 6.92 Å². The molecule has 28 heavy (non-hydrogen) atoms. The van der Waals surface area contributed by atoms with Crippen molar-refractivity contribution in [3.8, 4) is 0 Å². The summed E-state index contributed by atoms with van der Waals surface area (Å²) in [6.07, 6.45) is 15.8. The number of ether oxygens (including phenoxy) is 1. The maximum Gasteiger partial charge on any atom is 0.120 e. The molecule has 0 radical (unpaired) electrons. The second-order valence-corrected chi connectivity index (χ2v) is 9.81. The SMILES string of the molecule is CCCCCCC(C)(CCCCCC)NC(C)(C)CCOC(C)(N)CCC=O. The summed E-state index contributed by atoms with van der Waals surface area (Å²) in [5, 5.41) is 3.98. The van der Waals surface area contributed by atoms with E-state index in [1.54, 1.807) is 0 Å². The third kappa shape index (κ3) is 14.5. The number of unbranched alkanes of at least 4 members (excludes halogenated alkanes) is 6. The first-order valence-electron chi connectivity index (χ1n) is 11.8. The van der Waals surface area contributed by atoms with Crippen LogP contribution >= 0.6 is 0 Å². The summed E-state index contributed by atoms with van der Waals surface area (Å²) >= 11 is 0. The smallest absolute Gasteiger partial charge is 0.120 e. The molecule has 168 valence electrons. The lowest BCUT2D eigenvalue weighted by molar-refractivity contribution is -0.110. The van der Waals surface area contributed by atoms with Crippen molar-refractivity contribution in [2.45, 2.75) is 142 Å². The monoisotopic (exact) mass is 398 g/mol. The Bertz CT molecular complexity index is 382. The lowest BCUT2D eigenvalue weighted by Gasteiger charge is -2.41. The van der Waals surface area contributed by atoms with Crippen molar-refractivity contribution >= 4 is 6.29 Å². The van der Waals surface area contributed by atoms with E-state index in [1.165, 1.54) is 64.2 Å². The molecule has 0 rings (SSSR count). The molecule has 0 aromatic carbocycles. The van der Waals surface area contributed by atoms with Crippen LogP contribution in [0.1, 0.15) is 125 Å². The number of nitrogens with one attached hydrogen (secondary N) is 1. The van der Waals surface area contributed by atoms with Gasteiger partial charge in [-0.15, -0.1) is 0 Å². The zero-order valence-electron chi connectivity index (χ0n) is 19.9. The largest absolute Gasteiger partial charge is 0.361 e. The van der Waals surface area contributed by atoms with Gasteiger partial charge in [-0.3, -0.25) is 0 Å². The second kappa shape index (κ2) is 14.5. The highest BCUT2D eigenvalue weighted by Gasteiger charge is 2.31. The van der Waals surface area contributed by atoms with Crippen LogP contribution in [0.25, 0.3) is 0 Å². The van der Waals surface area contributed by atoms with E-state index in [0.29, 0.717) is 19.4 Å². The fraction of sp³-hybridized carbons (Fsp3) is 0.958. The molecular weight excluding hydrogens is 348 g/mol. The fourth-order valence-electron chi connectivity index (χ4n) is 3.97. The van der Waals surface area contributed by atoms with Gasteiger partial charge in [0.15, 0.2) is 0 Å². The molecular formula is C24H50N2O2. The predicted octanol–water partition coefficient (Wildman–Crippen LogP) is 6.11. The highest BCUT2D eigenvalue weighted by atomic mass is 16.5. The van der Waals surface area contributed by atoms with Crippen LogP contribution in [0.15, 0.2) is 0 Å². The first kappa shape index (κ1) is 27.5. The van der Waals surface area contributed by atoms with Gasteiger partial charge in [0.1, 0.15) is 12.0 Å². The Morgan fingerprint density at radius 3 is 1.82 bits per heavy atom. The van der Waals surface area contributed by atoms with Gasteiger partial charge >= 0.3 is 0 Å². The van der Waals surface area contributed by atoms with Gasteiger partial charge in [-0.1, -0.05) is 65.2 Å². The van der Waals surface area contributed by atoms with Crippen molar-refractivity contribution in [3.63, 3.8) is 0 Å². The van der Waals surface area contributed by atoms with Gasteiger partial charge in [0.2, 0.25) is 0 Å². The van der Waals surface area contributed by atoms with E-state index in [2.05, 4.69) is 39.9 Å². The molecule has 4 nitrogen and oxygen atoms in total. The molecule has 1 unspecified atom stereocenters. The molecule has 1 atom stereocenters. The highest BCUT2D eigenvalue weighted by molar-refractivity contribution is 5.49. The number of rotatable bonds is 19. The third-order valence-corrected chi connectivity index (χ3v) is 5.72. The number of aldehydes is 1. The molecule has 0 aliphatic carbocycles. The summed E-state index contributed by atoms with van der Waals surface area (Å²) in [6, 6.07) is 0. The Balaban J connectivity index is 4.64. The topological polar surface area (TPSA) is 64.3 Å². The number of carbonyl (C=O) groups is 1. The van der Waals surface area contributed by atoms with Crippen LogP contribution in [-0.4, -0.2) is 29.7 Å². The molecule has 0 aromatic heterocycles. The van der Waals surface area contributed by atoms with Gasteiger partial charge < -0.3 is 20.6 Å². The van der Waals surface area contributed by atoms with E-state index >= 15 is 0 Å². The molecule has 0 bridgehead atoms. The predicted molar refractivity (Wildman–Crippen MR) is 122 cm³/mol. The van der Waals surface area contributed by atoms with Crippen LogP contribution in [0.4, 0.5) is 0 Å². The molecule has 0 saturated carbocycles. The minimum atomic E-state index is -0.722. The summed E-state index contributed by atoms with van der Waals surface area (Å²) in [5.41, 5.74) is 5.59. The maximum absolute atomic E-state index is 10.6. The van der Waals surface area contributed by atoms with Gasteiger partial charge in [-0.25, -0.2) is 0 Å². The van der Waals surface area contributed by atoms with Gasteiger partial charge in [0.05, 0.1) is 6.61 Å². The van der Waals surface area contributed by atoms with Gasteiger partial charge in [-0.2, -0.15) is 0 Å². The fourth-order valence-corrected chi connectivity index (χ4v) is 3.97. The van der Waals surface area contributed by atoms with Crippen LogP contribution in [-0.2, 0) is 9.53 Å². The molecule has 3 N–H and O–H groups in total. The lowest BCUT2D eigenvalue weighted by atomic mass is 9.84. The minimum absolute atomic E-state index is 0.00893.